The maximum absolute atomic E-state index is 13.7. The van der Waals surface area contributed by atoms with Crippen LogP contribution in [0.5, 0.6) is 5.75 Å². The zero-order valence-corrected chi connectivity index (χ0v) is 13.9. The van der Waals surface area contributed by atoms with Gasteiger partial charge in [-0.1, -0.05) is 24.6 Å². The Morgan fingerprint density at radius 1 is 1.12 bits per heavy atom. The van der Waals surface area contributed by atoms with E-state index in [-0.39, 0.29) is 12.4 Å². The predicted molar refractivity (Wildman–Crippen MR) is 89.5 cm³/mol. The third kappa shape index (κ3) is 3.74. The number of hydrogen-bond donors (Lipinski definition) is 0. The molecule has 0 aliphatic rings. The van der Waals surface area contributed by atoms with Gasteiger partial charge in [0.15, 0.2) is 0 Å². The predicted octanol–water partition coefficient (Wildman–Crippen LogP) is 5.06. The Kier molecular flexibility index (Phi) is 5.11. The quantitative estimate of drug-likeness (QED) is 0.626. The van der Waals surface area contributed by atoms with Crippen LogP contribution in [0.1, 0.15) is 24.8 Å². The summed E-state index contributed by atoms with van der Waals surface area (Å²) in [5.41, 5.74) is 1.14. The monoisotopic (exact) mass is 346 g/mol. The van der Waals surface area contributed by atoms with Crippen LogP contribution in [0.4, 0.5) is 4.39 Å². The van der Waals surface area contributed by atoms with Crippen molar-refractivity contribution in [2.75, 3.05) is 0 Å². The van der Waals surface area contributed by atoms with Crippen LogP contribution < -0.4 is 4.74 Å². The van der Waals surface area contributed by atoms with E-state index in [2.05, 4.69) is 17.1 Å². The molecular formula is C18H16ClFN2O2. The highest BCUT2D eigenvalue weighted by atomic mass is 35.5. The minimum absolute atomic E-state index is 0.0616. The zero-order valence-electron chi connectivity index (χ0n) is 13.1. The van der Waals surface area contributed by atoms with E-state index in [9.17, 15) is 4.39 Å². The van der Waals surface area contributed by atoms with Crippen LogP contribution in [-0.4, -0.2) is 10.2 Å². The van der Waals surface area contributed by atoms with Gasteiger partial charge in [-0.05, 0) is 42.8 Å². The molecule has 6 heteroatoms. The van der Waals surface area contributed by atoms with Crippen molar-refractivity contribution in [2.24, 2.45) is 0 Å². The van der Waals surface area contributed by atoms with Crippen molar-refractivity contribution in [3.63, 3.8) is 0 Å². The normalized spacial score (nSPS) is 10.8. The van der Waals surface area contributed by atoms with E-state index >= 15 is 0 Å². The Labute approximate surface area is 144 Å². The van der Waals surface area contributed by atoms with Crippen LogP contribution in [0.2, 0.25) is 5.02 Å². The maximum atomic E-state index is 13.7. The van der Waals surface area contributed by atoms with Gasteiger partial charge >= 0.3 is 0 Å². The molecule has 3 rings (SSSR count). The van der Waals surface area contributed by atoms with Crippen LogP contribution in [0.25, 0.3) is 11.5 Å². The van der Waals surface area contributed by atoms with Crippen molar-refractivity contribution in [1.29, 1.82) is 0 Å². The van der Waals surface area contributed by atoms with Gasteiger partial charge in [-0.25, -0.2) is 4.39 Å². The van der Waals surface area contributed by atoms with Crippen LogP contribution >= 0.6 is 11.6 Å². The highest BCUT2D eigenvalue weighted by Gasteiger charge is 2.10. The van der Waals surface area contributed by atoms with Gasteiger partial charge in [-0.3, -0.25) is 0 Å². The number of rotatable bonds is 6. The molecule has 0 saturated carbocycles. The fourth-order valence-corrected chi connectivity index (χ4v) is 2.42. The molecule has 0 atom stereocenters. The molecular weight excluding hydrogens is 331 g/mol. The molecule has 124 valence electrons. The first-order chi connectivity index (χ1) is 11.7. The fraction of sp³-hybridized carbons (Fsp3) is 0.222. The highest BCUT2D eigenvalue weighted by Crippen LogP contribution is 2.24. The van der Waals surface area contributed by atoms with Gasteiger partial charge in [0.25, 0.3) is 0 Å². The van der Waals surface area contributed by atoms with E-state index < -0.39 is 0 Å². The maximum Gasteiger partial charge on any atom is 0.247 e. The Bertz CT molecular complexity index is 798. The minimum Gasteiger partial charge on any atom is -0.489 e. The molecule has 0 unspecified atom stereocenters. The molecule has 24 heavy (non-hydrogen) atoms. The summed E-state index contributed by atoms with van der Waals surface area (Å²) < 4.78 is 24.9. The molecule has 1 aromatic heterocycles. The molecule has 0 aliphatic carbocycles. The van der Waals surface area contributed by atoms with Crippen molar-refractivity contribution in [1.82, 2.24) is 10.2 Å². The van der Waals surface area contributed by atoms with E-state index in [0.29, 0.717) is 28.1 Å². The smallest absolute Gasteiger partial charge is 0.247 e. The lowest BCUT2D eigenvalue weighted by Gasteiger charge is -2.09. The van der Waals surface area contributed by atoms with Crippen molar-refractivity contribution >= 4 is 11.6 Å². The number of aryl methyl sites for hydroxylation is 1. The van der Waals surface area contributed by atoms with Crippen LogP contribution in [0.3, 0.4) is 0 Å². The van der Waals surface area contributed by atoms with Gasteiger partial charge in [-0.2, -0.15) is 0 Å². The number of nitrogens with zero attached hydrogens (tertiary/aromatic N) is 2. The molecule has 0 radical (unpaired) electrons. The van der Waals surface area contributed by atoms with Gasteiger partial charge in [-0.15, -0.1) is 10.2 Å². The Morgan fingerprint density at radius 3 is 2.62 bits per heavy atom. The summed E-state index contributed by atoms with van der Waals surface area (Å²) in [6, 6.07) is 11.7. The Morgan fingerprint density at radius 2 is 1.92 bits per heavy atom. The topological polar surface area (TPSA) is 48.2 Å². The SMILES string of the molecule is CCCc1nnc(-c2ccc(OCc3c(F)cccc3Cl)cc2)o1. The summed E-state index contributed by atoms with van der Waals surface area (Å²) in [6.07, 6.45) is 1.71. The highest BCUT2D eigenvalue weighted by molar-refractivity contribution is 6.31. The lowest BCUT2D eigenvalue weighted by Crippen LogP contribution is -1.99. The summed E-state index contributed by atoms with van der Waals surface area (Å²) in [7, 11) is 0. The molecule has 4 nitrogen and oxygen atoms in total. The average molecular weight is 347 g/mol. The van der Waals surface area contributed by atoms with E-state index in [1.54, 1.807) is 24.3 Å². The molecule has 3 aromatic rings. The number of halogens is 2. The van der Waals surface area contributed by atoms with Crippen molar-refractivity contribution in [3.8, 4) is 17.2 Å². The Hall–Kier alpha value is -2.40. The first kappa shape index (κ1) is 16.5. The van der Waals surface area contributed by atoms with E-state index in [0.717, 1.165) is 18.4 Å². The van der Waals surface area contributed by atoms with Gasteiger partial charge in [0.05, 0.1) is 5.02 Å². The number of ether oxygens (including phenoxy) is 1. The fourth-order valence-electron chi connectivity index (χ4n) is 2.20. The summed E-state index contributed by atoms with van der Waals surface area (Å²) in [6.45, 7) is 2.11. The third-order valence-electron chi connectivity index (χ3n) is 3.48. The molecule has 0 saturated heterocycles. The number of benzene rings is 2. The van der Waals surface area contributed by atoms with E-state index in [1.807, 2.05) is 12.1 Å². The summed E-state index contributed by atoms with van der Waals surface area (Å²) in [5.74, 6) is 1.32. The number of hydrogen-bond acceptors (Lipinski definition) is 4. The second kappa shape index (κ2) is 7.45. The van der Waals surface area contributed by atoms with Crippen LogP contribution in [0.15, 0.2) is 46.9 Å². The molecule has 0 spiro atoms. The van der Waals surface area contributed by atoms with Crippen molar-refractivity contribution in [3.05, 3.63) is 64.8 Å². The van der Waals surface area contributed by atoms with E-state index in [1.165, 1.54) is 6.07 Å². The zero-order chi connectivity index (χ0) is 16.9. The Balaban J connectivity index is 1.68. The standard InChI is InChI=1S/C18H16ClFN2O2/c1-2-4-17-21-22-18(24-17)12-7-9-13(10-8-12)23-11-14-15(19)5-3-6-16(14)20/h3,5-10H,2,4,11H2,1H3. The molecule has 0 N–H and O–H groups in total. The van der Waals surface area contributed by atoms with Crippen molar-refractivity contribution < 1.29 is 13.5 Å². The largest absolute Gasteiger partial charge is 0.489 e. The summed E-state index contributed by atoms with van der Waals surface area (Å²) in [5, 5.41) is 8.37. The molecule has 0 fully saturated rings. The van der Waals surface area contributed by atoms with Gasteiger partial charge in [0, 0.05) is 17.5 Å². The van der Waals surface area contributed by atoms with Gasteiger partial charge < -0.3 is 9.15 Å². The van der Waals surface area contributed by atoms with Gasteiger partial charge in [0.2, 0.25) is 11.8 Å². The molecule has 2 aromatic carbocycles. The molecule has 0 amide bonds. The first-order valence-corrected chi connectivity index (χ1v) is 8.03. The van der Waals surface area contributed by atoms with E-state index in [4.69, 9.17) is 20.8 Å². The molecule has 0 bridgehead atoms. The minimum atomic E-state index is -0.381. The van der Waals surface area contributed by atoms with Crippen molar-refractivity contribution in [2.45, 2.75) is 26.4 Å². The first-order valence-electron chi connectivity index (χ1n) is 7.66. The molecule has 1 heterocycles. The summed E-state index contributed by atoms with van der Waals surface area (Å²) in [4.78, 5) is 0. The average Bonchev–Trinajstić information content (AvgIpc) is 3.04. The molecule has 0 aliphatic heterocycles. The lowest BCUT2D eigenvalue weighted by atomic mass is 10.2. The third-order valence-corrected chi connectivity index (χ3v) is 3.83. The van der Waals surface area contributed by atoms with Crippen LogP contribution in [-0.2, 0) is 13.0 Å². The second-order valence-electron chi connectivity index (χ2n) is 5.26. The second-order valence-corrected chi connectivity index (χ2v) is 5.67. The van der Waals surface area contributed by atoms with Crippen LogP contribution in [0, 0.1) is 5.82 Å². The lowest BCUT2D eigenvalue weighted by molar-refractivity contribution is 0.300. The summed E-state index contributed by atoms with van der Waals surface area (Å²) >= 11 is 5.98. The number of aromatic nitrogens is 2. The van der Waals surface area contributed by atoms with Gasteiger partial charge in [0.1, 0.15) is 18.2 Å².